The number of aromatic nitrogens is 1. The number of nitrogens with one attached hydrogen (secondary N) is 1. The van der Waals surface area contributed by atoms with E-state index >= 15 is 0 Å². The Balaban J connectivity index is 1.95. The average Bonchev–Trinajstić information content (AvgIpc) is 2.90. The summed E-state index contributed by atoms with van der Waals surface area (Å²) in [7, 11) is 0. The molecular weight excluding hydrogens is 272 g/mol. The standard InChI is InChI=1S/C19H26N2O/c1-2-19-10-5-12-20-18(19)21-16-7-4-3-6-14(16)15(9-13-22)17(21)8-11-19/h3-4,6-7,18,20,22H,2,5,8-13H2,1H3/t18-,19+/m1/s1. The minimum Gasteiger partial charge on any atom is -0.396 e. The van der Waals surface area contributed by atoms with Crippen LogP contribution in [0.2, 0.25) is 0 Å². The van der Waals surface area contributed by atoms with Crippen LogP contribution in [0.5, 0.6) is 0 Å². The molecule has 2 aliphatic rings. The zero-order chi connectivity index (χ0) is 15.2. The molecule has 1 saturated heterocycles. The Morgan fingerprint density at radius 2 is 2.18 bits per heavy atom. The molecule has 1 aromatic heterocycles. The van der Waals surface area contributed by atoms with E-state index in [1.165, 1.54) is 47.8 Å². The number of fused-ring (bicyclic) bond motifs is 5. The molecule has 2 aliphatic heterocycles. The van der Waals surface area contributed by atoms with Crippen LogP contribution in [0.4, 0.5) is 0 Å². The average molecular weight is 298 g/mol. The van der Waals surface area contributed by atoms with Gasteiger partial charge in [-0.25, -0.2) is 0 Å². The quantitative estimate of drug-likeness (QED) is 0.911. The SMILES string of the molecule is CC[C@@]12CCCN[C@@H]1n1c(c(CCO)c3ccccc31)CC2. The highest BCUT2D eigenvalue weighted by Gasteiger charge is 2.44. The third kappa shape index (κ3) is 1.88. The smallest absolute Gasteiger partial charge is 0.0899 e. The molecule has 3 heterocycles. The summed E-state index contributed by atoms with van der Waals surface area (Å²) in [6, 6.07) is 8.74. The molecule has 2 aromatic rings. The number of nitrogens with zero attached hydrogens (tertiary/aromatic N) is 1. The Kier molecular flexibility index (Phi) is 3.50. The minimum atomic E-state index is 0.234. The molecule has 4 rings (SSSR count). The van der Waals surface area contributed by atoms with Crippen molar-refractivity contribution >= 4 is 10.9 Å². The number of para-hydroxylation sites is 1. The van der Waals surface area contributed by atoms with E-state index in [1.807, 2.05) is 0 Å². The molecule has 1 fully saturated rings. The first-order valence-electron chi connectivity index (χ1n) is 8.75. The third-order valence-electron chi connectivity index (χ3n) is 6.08. The van der Waals surface area contributed by atoms with Gasteiger partial charge in [0.2, 0.25) is 0 Å². The van der Waals surface area contributed by atoms with E-state index in [2.05, 4.69) is 41.1 Å². The van der Waals surface area contributed by atoms with Crippen LogP contribution in [0, 0.1) is 5.41 Å². The van der Waals surface area contributed by atoms with Crippen molar-refractivity contribution in [1.29, 1.82) is 0 Å². The highest BCUT2D eigenvalue weighted by atomic mass is 16.2. The van der Waals surface area contributed by atoms with Crippen LogP contribution in [0.1, 0.15) is 50.0 Å². The molecule has 2 N–H and O–H groups in total. The van der Waals surface area contributed by atoms with Crippen LogP contribution in [0.25, 0.3) is 10.9 Å². The predicted molar refractivity (Wildman–Crippen MR) is 90.0 cm³/mol. The lowest BCUT2D eigenvalue weighted by Crippen LogP contribution is -2.49. The van der Waals surface area contributed by atoms with E-state index in [4.69, 9.17) is 0 Å². The number of hydrogen-bond acceptors (Lipinski definition) is 2. The van der Waals surface area contributed by atoms with Crippen molar-refractivity contribution in [3.8, 4) is 0 Å². The number of benzene rings is 1. The van der Waals surface area contributed by atoms with Gasteiger partial charge in [0, 0.05) is 28.6 Å². The van der Waals surface area contributed by atoms with Gasteiger partial charge in [-0.2, -0.15) is 0 Å². The Hall–Kier alpha value is -1.32. The molecular formula is C19H26N2O. The Bertz CT molecular complexity index is 690. The van der Waals surface area contributed by atoms with Gasteiger partial charge in [0.05, 0.1) is 6.17 Å². The largest absolute Gasteiger partial charge is 0.396 e. The van der Waals surface area contributed by atoms with Crippen LogP contribution in [0.3, 0.4) is 0 Å². The van der Waals surface area contributed by atoms with Crippen molar-refractivity contribution in [2.45, 2.75) is 51.6 Å². The molecule has 22 heavy (non-hydrogen) atoms. The number of rotatable bonds is 3. The van der Waals surface area contributed by atoms with E-state index in [-0.39, 0.29) is 6.61 Å². The highest BCUT2D eigenvalue weighted by molar-refractivity contribution is 5.86. The molecule has 0 unspecified atom stereocenters. The van der Waals surface area contributed by atoms with Crippen molar-refractivity contribution in [1.82, 2.24) is 9.88 Å². The summed E-state index contributed by atoms with van der Waals surface area (Å²) in [5, 5.41) is 14.7. The van der Waals surface area contributed by atoms with Crippen LogP contribution >= 0.6 is 0 Å². The van der Waals surface area contributed by atoms with Gasteiger partial charge in [0.15, 0.2) is 0 Å². The first kappa shape index (κ1) is 14.3. The zero-order valence-electron chi connectivity index (χ0n) is 13.4. The van der Waals surface area contributed by atoms with E-state index < -0.39 is 0 Å². The fraction of sp³-hybridized carbons (Fsp3) is 0.579. The monoisotopic (exact) mass is 298 g/mol. The van der Waals surface area contributed by atoms with Crippen LogP contribution < -0.4 is 5.32 Å². The summed E-state index contributed by atoms with van der Waals surface area (Å²) < 4.78 is 2.58. The summed E-state index contributed by atoms with van der Waals surface area (Å²) in [6.07, 6.45) is 7.49. The second-order valence-electron chi connectivity index (χ2n) is 6.96. The molecule has 118 valence electrons. The summed E-state index contributed by atoms with van der Waals surface area (Å²) in [5.74, 6) is 0. The maximum absolute atomic E-state index is 9.50. The van der Waals surface area contributed by atoms with Gasteiger partial charge in [0.25, 0.3) is 0 Å². The van der Waals surface area contributed by atoms with Crippen LogP contribution in [-0.4, -0.2) is 22.8 Å². The summed E-state index contributed by atoms with van der Waals surface area (Å²) in [5.41, 5.74) is 4.58. The van der Waals surface area contributed by atoms with E-state index in [0.29, 0.717) is 11.6 Å². The van der Waals surface area contributed by atoms with Crippen molar-refractivity contribution in [3.63, 3.8) is 0 Å². The fourth-order valence-electron chi connectivity index (χ4n) is 4.92. The van der Waals surface area contributed by atoms with Gasteiger partial charge in [-0.1, -0.05) is 25.1 Å². The van der Waals surface area contributed by atoms with Crippen LogP contribution in [0.15, 0.2) is 24.3 Å². The van der Waals surface area contributed by atoms with E-state index in [0.717, 1.165) is 19.4 Å². The number of aliphatic hydroxyl groups is 1. The first-order chi connectivity index (χ1) is 10.8. The van der Waals surface area contributed by atoms with Gasteiger partial charge in [-0.3, -0.25) is 5.32 Å². The lowest BCUT2D eigenvalue weighted by molar-refractivity contribution is 0.0530. The molecule has 0 radical (unpaired) electrons. The maximum atomic E-state index is 9.50. The van der Waals surface area contributed by atoms with Gasteiger partial charge >= 0.3 is 0 Å². The topological polar surface area (TPSA) is 37.2 Å². The lowest BCUT2D eigenvalue weighted by atomic mass is 9.69. The van der Waals surface area contributed by atoms with Gasteiger partial charge in [0.1, 0.15) is 0 Å². The zero-order valence-corrected chi connectivity index (χ0v) is 13.4. The second-order valence-corrected chi connectivity index (χ2v) is 6.96. The normalized spacial score (nSPS) is 27.6. The number of hydrogen-bond donors (Lipinski definition) is 2. The van der Waals surface area contributed by atoms with E-state index in [9.17, 15) is 5.11 Å². The van der Waals surface area contributed by atoms with Gasteiger partial charge < -0.3 is 9.67 Å². The molecule has 3 nitrogen and oxygen atoms in total. The van der Waals surface area contributed by atoms with Crippen molar-refractivity contribution in [3.05, 3.63) is 35.5 Å². The van der Waals surface area contributed by atoms with Crippen molar-refractivity contribution in [2.24, 2.45) is 5.41 Å². The first-order valence-corrected chi connectivity index (χ1v) is 8.75. The predicted octanol–water partition coefficient (Wildman–Crippen LogP) is 3.40. The lowest BCUT2D eigenvalue weighted by Gasteiger charge is -2.49. The fourth-order valence-corrected chi connectivity index (χ4v) is 4.92. The number of piperidine rings is 1. The Morgan fingerprint density at radius 1 is 1.32 bits per heavy atom. The highest BCUT2D eigenvalue weighted by Crippen LogP contribution is 2.50. The maximum Gasteiger partial charge on any atom is 0.0899 e. The second kappa shape index (κ2) is 5.39. The molecule has 0 spiro atoms. The minimum absolute atomic E-state index is 0.234. The van der Waals surface area contributed by atoms with Crippen molar-refractivity contribution < 1.29 is 5.11 Å². The van der Waals surface area contributed by atoms with Gasteiger partial charge in [-0.05, 0) is 56.7 Å². The molecule has 0 saturated carbocycles. The Morgan fingerprint density at radius 3 is 3.00 bits per heavy atom. The Labute approximate surface area is 132 Å². The number of aliphatic hydroxyl groups excluding tert-OH is 1. The summed E-state index contributed by atoms with van der Waals surface area (Å²) in [6.45, 7) is 3.71. The molecule has 0 aliphatic carbocycles. The van der Waals surface area contributed by atoms with E-state index in [1.54, 1.807) is 0 Å². The summed E-state index contributed by atoms with van der Waals surface area (Å²) in [4.78, 5) is 0. The molecule has 3 heteroatoms. The van der Waals surface area contributed by atoms with Crippen LogP contribution in [-0.2, 0) is 12.8 Å². The van der Waals surface area contributed by atoms with Crippen molar-refractivity contribution in [2.75, 3.05) is 13.2 Å². The molecule has 2 atom stereocenters. The molecule has 0 bridgehead atoms. The molecule has 0 amide bonds. The summed E-state index contributed by atoms with van der Waals surface area (Å²) >= 11 is 0. The molecule has 1 aromatic carbocycles. The van der Waals surface area contributed by atoms with Gasteiger partial charge in [-0.15, -0.1) is 0 Å². The third-order valence-corrected chi connectivity index (χ3v) is 6.08.